The van der Waals surface area contributed by atoms with Crippen molar-refractivity contribution in [1.82, 2.24) is 0 Å². The summed E-state index contributed by atoms with van der Waals surface area (Å²) >= 11 is 0. The SMILES string of the molecule is COc1cc(C(N)C(=O)O)c(OC)cc1C(C)F. The zero-order valence-electron chi connectivity index (χ0n) is 10.4. The normalized spacial score (nSPS) is 13.8. The highest BCUT2D eigenvalue weighted by Crippen LogP contribution is 2.36. The van der Waals surface area contributed by atoms with E-state index in [1.807, 2.05) is 0 Å². The largest absolute Gasteiger partial charge is 0.496 e. The lowest BCUT2D eigenvalue weighted by Crippen LogP contribution is -2.21. The Bertz CT molecular complexity index is 448. The van der Waals surface area contributed by atoms with Crippen LogP contribution >= 0.6 is 0 Å². The van der Waals surface area contributed by atoms with E-state index in [-0.39, 0.29) is 22.6 Å². The number of halogens is 1. The Morgan fingerprint density at radius 3 is 2.11 bits per heavy atom. The number of benzene rings is 1. The second-order valence-corrected chi connectivity index (χ2v) is 3.77. The van der Waals surface area contributed by atoms with Gasteiger partial charge in [0.1, 0.15) is 23.7 Å². The molecule has 0 radical (unpaired) electrons. The Balaban J connectivity index is 3.39. The number of hydrogen-bond donors (Lipinski definition) is 2. The molecule has 18 heavy (non-hydrogen) atoms. The Hall–Kier alpha value is -1.82. The number of methoxy groups -OCH3 is 2. The Morgan fingerprint density at radius 1 is 1.28 bits per heavy atom. The quantitative estimate of drug-likeness (QED) is 0.840. The Labute approximate surface area is 104 Å². The molecular formula is C12H16FNO4. The fourth-order valence-corrected chi connectivity index (χ4v) is 1.63. The van der Waals surface area contributed by atoms with Crippen LogP contribution < -0.4 is 15.2 Å². The van der Waals surface area contributed by atoms with Crippen LogP contribution in [0, 0.1) is 0 Å². The van der Waals surface area contributed by atoms with Gasteiger partial charge in [0.25, 0.3) is 0 Å². The summed E-state index contributed by atoms with van der Waals surface area (Å²) in [4.78, 5) is 10.9. The first-order valence-electron chi connectivity index (χ1n) is 5.30. The number of carboxylic acid groups (broad SMARTS) is 1. The standard InChI is InChI=1S/C12H16FNO4/c1-6(13)7-4-10(18-3)8(5-9(7)17-2)11(14)12(15)16/h4-6,11H,14H2,1-3H3,(H,15,16). The molecular weight excluding hydrogens is 241 g/mol. The molecule has 2 atom stereocenters. The minimum absolute atomic E-state index is 0.227. The Morgan fingerprint density at radius 2 is 1.72 bits per heavy atom. The van der Waals surface area contributed by atoms with Gasteiger partial charge in [-0.15, -0.1) is 0 Å². The van der Waals surface area contributed by atoms with Crippen LogP contribution in [0.2, 0.25) is 0 Å². The molecule has 0 aliphatic carbocycles. The number of nitrogens with two attached hydrogens (primary N) is 1. The average Bonchev–Trinajstić information content (AvgIpc) is 2.35. The minimum Gasteiger partial charge on any atom is -0.496 e. The maximum Gasteiger partial charge on any atom is 0.325 e. The third-order valence-electron chi connectivity index (χ3n) is 2.61. The van der Waals surface area contributed by atoms with Gasteiger partial charge in [-0.3, -0.25) is 4.79 Å². The van der Waals surface area contributed by atoms with Crippen LogP contribution in [0.5, 0.6) is 11.5 Å². The zero-order chi connectivity index (χ0) is 13.9. The summed E-state index contributed by atoms with van der Waals surface area (Å²) in [5.74, 6) is -0.723. The number of ether oxygens (including phenoxy) is 2. The summed E-state index contributed by atoms with van der Waals surface area (Å²) in [5, 5.41) is 8.90. The van der Waals surface area contributed by atoms with Crippen LogP contribution in [-0.4, -0.2) is 25.3 Å². The predicted octanol–water partition coefficient (Wildman–Crippen LogP) is 1.82. The van der Waals surface area contributed by atoms with Crippen molar-refractivity contribution in [2.45, 2.75) is 19.1 Å². The lowest BCUT2D eigenvalue weighted by atomic mass is 10.0. The van der Waals surface area contributed by atoms with Crippen molar-refractivity contribution in [1.29, 1.82) is 0 Å². The van der Waals surface area contributed by atoms with Gasteiger partial charge in [-0.25, -0.2) is 4.39 Å². The van der Waals surface area contributed by atoms with Crippen molar-refractivity contribution < 1.29 is 23.8 Å². The summed E-state index contributed by atoms with van der Waals surface area (Å²) in [7, 11) is 2.75. The second kappa shape index (κ2) is 5.68. The maximum atomic E-state index is 13.4. The molecule has 0 bridgehead atoms. The van der Waals surface area contributed by atoms with Gasteiger partial charge < -0.3 is 20.3 Å². The monoisotopic (exact) mass is 257 g/mol. The van der Waals surface area contributed by atoms with E-state index in [4.69, 9.17) is 20.3 Å². The molecule has 0 heterocycles. The molecule has 1 rings (SSSR count). The predicted molar refractivity (Wildman–Crippen MR) is 63.6 cm³/mol. The molecule has 0 aromatic heterocycles. The van der Waals surface area contributed by atoms with Gasteiger partial charge in [-0.1, -0.05) is 0 Å². The van der Waals surface area contributed by atoms with E-state index in [1.54, 1.807) is 0 Å². The number of aliphatic carboxylic acids is 1. The van der Waals surface area contributed by atoms with Crippen LogP contribution in [0.15, 0.2) is 12.1 Å². The summed E-state index contributed by atoms with van der Waals surface area (Å²) in [5.41, 5.74) is 6.06. The van der Waals surface area contributed by atoms with Crippen molar-refractivity contribution in [2.75, 3.05) is 14.2 Å². The fourth-order valence-electron chi connectivity index (χ4n) is 1.63. The molecule has 1 aromatic carbocycles. The van der Waals surface area contributed by atoms with Gasteiger partial charge in [0, 0.05) is 11.1 Å². The first-order chi connectivity index (χ1) is 8.42. The molecule has 5 nitrogen and oxygen atoms in total. The smallest absolute Gasteiger partial charge is 0.325 e. The molecule has 1 aromatic rings. The van der Waals surface area contributed by atoms with Crippen LogP contribution in [0.4, 0.5) is 4.39 Å². The van der Waals surface area contributed by atoms with Crippen LogP contribution in [0.3, 0.4) is 0 Å². The highest BCUT2D eigenvalue weighted by Gasteiger charge is 2.23. The number of carboxylic acids is 1. The first kappa shape index (κ1) is 14.2. The fraction of sp³-hybridized carbons (Fsp3) is 0.417. The Kier molecular flexibility index (Phi) is 4.49. The molecule has 0 amide bonds. The number of hydrogen-bond acceptors (Lipinski definition) is 4. The van der Waals surface area contributed by atoms with E-state index in [9.17, 15) is 9.18 Å². The summed E-state index contributed by atoms with van der Waals surface area (Å²) in [6, 6.07) is 1.54. The summed E-state index contributed by atoms with van der Waals surface area (Å²) in [6.45, 7) is 1.36. The maximum absolute atomic E-state index is 13.4. The van der Waals surface area contributed by atoms with Crippen molar-refractivity contribution in [3.63, 3.8) is 0 Å². The van der Waals surface area contributed by atoms with Gasteiger partial charge in [-0.2, -0.15) is 0 Å². The summed E-state index contributed by atoms with van der Waals surface area (Å²) in [6.07, 6.45) is -1.26. The van der Waals surface area contributed by atoms with E-state index in [0.29, 0.717) is 0 Å². The van der Waals surface area contributed by atoms with Crippen LogP contribution in [0.25, 0.3) is 0 Å². The molecule has 0 aliphatic heterocycles. The molecule has 100 valence electrons. The highest BCUT2D eigenvalue weighted by atomic mass is 19.1. The number of carbonyl (C=O) groups is 1. The molecule has 0 spiro atoms. The highest BCUT2D eigenvalue weighted by molar-refractivity contribution is 5.77. The molecule has 0 saturated carbocycles. The third-order valence-corrected chi connectivity index (χ3v) is 2.61. The van der Waals surface area contributed by atoms with Gasteiger partial charge in [-0.05, 0) is 19.1 Å². The summed E-state index contributed by atoms with van der Waals surface area (Å²) < 4.78 is 23.5. The first-order valence-corrected chi connectivity index (χ1v) is 5.30. The van der Waals surface area contributed by atoms with Crippen molar-refractivity contribution >= 4 is 5.97 Å². The van der Waals surface area contributed by atoms with Gasteiger partial charge in [0.15, 0.2) is 0 Å². The van der Waals surface area contributed by atoms with Crippen molar-refractivity contribution in [2.24, 2.45) is 5.73 Å². The molecule has 0 fully saturated rings. The van der Waals surface area contributed by atoms with E-state index in [1.165, 1.54) is 33.3 Å². The number of rotatable bonds is 5. The molecule has 0 saturated heterocycles. The van der Waals surface area contributed by atoms with E-state index in [0.717, 1.165) is 0 Å². The van der Waals surface area contributed by atoms with Gasteiger partial charge in [0.2, 0.25) is 0 Å². The van der Waals surface area contributed by atoms with Crippen molar-refractivity contribution in [3.8, 4) is 11.5 Å². The van der Waals surface area contributed by atoms with Gasteiger partial charge in [0.05, 0.1) is 14.2 Å². The van der Waals surface area contributed by atoms with Crippen LogP contribution in [-0.2, 0) is 4.79 Å². The lowest BCUT2D eigenvalue weighted by Gasteiger charge is -2.17. The molecule has 3 N–H and O–H groups in total. The molecule has 2 unspecified atom stereocenters. The molecule has 6 heteroatoms. The zero-order valence-corrected chi connectivity index (χ0v) is 10.4. The van der Waals surface area contributed by atoms with E-state index in [2.05, 4.69) is 0 Å². The van der Waals surface area contributed by atoms with Crippen LogP contribution in [0.1, 0.15) is 30.3 Å². The molecule has 0 aliphatic rings. The van der Waals surface area contributed by atoms with E-state index >= 15 is 0 Å². The lowest BCUT2D eigenvalue weighted by molar-refractivity contribution is -0.138. The van der Waals surface area contributed by atoms with Gasteiger partial charge >= 0.3 is 5.97 Å². The topological polar surface area (TPSA) is 81.8 Å². The minimum atomic E-state index is -1.26. The average molecular weight is 257 g/mol. The third kappa shape index (κ3) is 2.70. The van der Waals surface area contributed by atoms with Crippen molar-refractivity contribution in [3.05, 3.63) is 23.3 Å². The van der Waals surface area contributed by atoms with E-state index < -0.39 is 18.2 Å². The second-order valence-electron chi connectivity index (χ2n) is 3.77. The number of alkyl halides is 1.